The lowest BCUT2D eigenvalue weighted by molar-refractivity contribution is -0.154. The molecule has 0 spiro atoms. The van der Waals surface area contributed by atoms with Crippen molar-refractivity contribution in [2.75, 3.05) is 16.2 Å². The molecule has 0 bridgehead atoms. The van der Waals surface area contributed by atoms with E-state index in [1.165, 1.54) is 35.2 Å². The van der Waals surface area contributed by atoms with Gasteiger partial charge in [-0.2, -0.15) is 5.10 Å². The van der Waals surface area contributed by atoms with E-state index in [4.69, 9.17) is 14.3 Å². The Balaban J connectivity index is 1.07. The Morgan fingerprint density at radius 2 is 1.39 bits per heavy atom. The maximum absolute atomic E-state index is 14.9. The van der Waals surface area contributed by atoms with E-state index in [9.17, 15) is 23.4 Å². The number of rotatable bonds is 17. The van der Waals surface area contributed by atoms with E-state index < -0.39 is 63.4 Å². The Bertz CT molecular complexity index is 2990. The van der Waals surface area contributed by atoms with Crippen LogP contribution in [0.5, 0.6) is 0 Å². The maximum Gasteiger partial charge on any atom is 0.413 e. The van der Waals surface area contributed by atoms with Crippen LogP contribution in [0.25, 0.3) is 0 Å². The van der Waals surface area contributed by atoms with Crippen LogP contribution in [-0.4, -0.2) is 86.7 Å². The molecular formula is C52H46N8O8S4. The summed E-state index contributed by atoms with van der Waals surface area (Å²) in [6, 6.07) is 45.2. The lowest BCUT2D eigenvalue weighted by atomic mass is 9.80. The van der Waals surface area contributed by atoms with E-state index in [0.29, 0.717) is 43.0 Å². The number of oxime groups is 1. The number of thioether (sulfide) groups is 2. The van der Waals surface area contributed by atoms with E-state index in [2.05, 4.69) is 36.0 Å². The molecule has 1 saturated heterocycles. The molecule has 5 aromatic carbocycles. The van der Waals surface area contributed by atoms with Gasteiger partial charge in [0.05, 0.1) is 21.6 Å². The summed E-state index contributed by atoms with van der Waals surface area (Å²) in [5.74, 6) is -2.56. The van der Waals surface area contributed by atoms with Crippen LogP contribution in [0.3, 0.4) is 0 Å². The highest BCUT2D eigenvalue weighted by atomic mass is 32.2. The number of carbonyl (C=O) groups excluding carboxylic acids is 4. The highest BCUT2D eigenvalue weighted by Gasteiger charge is 2.58. The molecule has 1 unspecified atom stereocenters. The molecule has 16 nitrogen and oxygen atoms in total. The third kappa shape index (κ3) is 10.9. The van der Waals surface area contributed by atoms with Crippen molar-refractivity contribution < 1.29 is 37.7 Å². The van der Waals surface area contributed by atoms with Crippen molar-refractivity contribution in [3.63, 3.8) is 0 Å². The molecule has 1 fully saturated rings. The van der Waals surface area contributed by atoms with Crippen LogP contribution in [0.1, 0.15) is 60.4 Å². The van der Waals surface area contributed by atoms with Gasteiger partial charge in [-0.25, -0.2) is 19.6 Å². The first-order valence-electron chi connectivity index (χ1n) is 22.4. The number of H-pyrrole nitrogens is 1. The number of β-lactam (4-membered cyclic amide) rings is 1. The maximum atomic E-state index is 14.9. The van der Waals surface area contributed by atoms with Gasteiger partial charge >= 0.3 is 12.1 Å². The number of thiazole rings is 1. The van der Waals surface area contributed by atoms with Crippen LogP contribution in [0.4, 0.5) is 9.93 Å². The molecule has 366 valence electrons. The molecule has 3 amide bonds. The SMILES string of the molecule is CC(C)(C)OC(=O)Nc1nc(/C(=N/OC(c2ccccc2)(c2ccccc2)c2ccccc2)C(=O)N[C@@H]2C(=O)N3C(C(=O)OC(c4ccccc4)c4ccccc4)=C(SCSc4ncn[nH]4)CS(=O)[C@@H]23)cs1. The molecule has 4 heterocycles. The first-order valence-corrected chi connectivity index (χ1v) is 26.7. The first-order chi connectivity index (χ1) is 34.9. The minimum Gasteiger partial charge on any atom is -0.448 e. The van der Waals surface area contributed by atoms with Gasteiger partial charge < -0.3 is 19.6 Å². The molecule has 0 saturated carbocycles. The molecule has 7 aromatic rings. The summed E-state index contributed by atoms with van der Waals surface area (Å²) in [5.41, 5.74) is 0.722. The number of anilines is 1. The molecule has 2 aliphatic heterocycles. The van der Waals surface area contributed by atoms with Crippen LogP contribution < -0.4 is 10.6 Å². The molecule has 72 heavy (non-hydrogen) atoms. The number of fused-ring (bicyclic) bond motifs is 1. The number of nitrogens with zero attached hydrogens (tertiary/aromatic N) is 5. The van der Waals surface area contributed by atoms with Gasteiger partial charge in [-0.1, -0.05) is 169 Å². The number of nitrogens with one attached hydrogen (secondary N) is 3. The topological polar surface area (TPSA) is 207 Å². The smallest absolute Gasteiger partial charge is 0.413 e. The number of ether oxygens (including phenoxy) is 2. The van der Waals surface area contributed by atoms with Gasteiger partial charge in [0.15, 0.2) is 22.1 Å². The molecule has 3 N–H and O–H groups in total. The van der Waals surface area contributed by atoms with E-state index in [1.54, 1.807) is 20.8 Å². The van der Waals surface area contributed by atoms with Crippen molar-refractivity contribution in [2.24, 2.45) is 5.16 Å². The molecule has 2 aliphatic rings. The predicted molar refractivity (Wildman–Crippen MR) is 277 cm³/mol. The number of benzene rings is 5. The van der Waals surface area contributed by atoms with Crippen LogP contribution in [0.2, 0.25) is 0 Å². The molecule has 0 radical (unpaired) electrons. The third-order valence-electron chi connectivity index (χ3n) is 11.2. The number of esters is 1. The number of carbonyl (C=O) groups is 4. The number of amides is 3. The van der Waals surface area contributed by atoms with E-state index in [1.807, 2.05) is 152 Å². The normalized spacial score (nSPS) is 16.9. The summed E-state index contributed by atoms with van der Waals surface area (Å²) in [7, 11) is -1.84. The average molecular weight is 1040 g/mol. The standard InChI is InChI=1S/C52H46N8O8S4/c1-51(2,3)67-50(64)57-49-55-38(29-69-49)40(59-68-52(35-23-13-6-14-24-35,36-25-15-7-16-26-36)37-27-17-8-18-28-37)44(61)56-41-45(62)60-42(39(30-72(65)46(41)60)70-32-71-48-53-31-54-58-48)47(63)66-43(33-19-9-4-10-20-33)34-21-11-5-12-22-34/h4-29,31,41,43,46H,30,32H2,1-3H3,(H,56,61)(H,53,54,58)(H,55,57,64)/b59-40-/t41-,46+,72?/m1/s1. The van der Waals surface area contributed by atoms with Crippen LogP contribution in [0, 0.1) is 0 Å². The lowest BCUT2D eigenvalue weighted by Gasteiger charge is -2.49. The number of hydrogen-bond donors (Lipinski definition) is 3. The third-order valence-corrected chi connectivity index (χ3v) is 15.8. The highest BCUT2D eigenvalue weighted by Crippen LogP contribution is 2.43. The lowest BCUT2D eigenvalue weighted by Crippen LogP contribution is -2.74. The molecule has 0 aliphatic carbocycles. The summed E-state index contributed by atoms with van der Waals surface area (Å²) in [6.45, 7) is 5.17. The summed E-state index contributed by atoms with van der Waals surface area (Å²) in [4.78, 5) is 74.1. The number of aromatic amines is 1. The molecule has 9 rings (SSSR count). The minimum absolute atomic E-state index is 0.0139. The Morgan fingerprint density at radius 3 is 1.92 bits per heavy atom. The highest BCUT2D eigenvalue weighted by molar-refractivity contribution is 8.18. The van der Waals surface area contributed by atoms with Crippen LogP contribution in [0.15, 0.2) is 184 Å². The minimum atomic E-state index is -1.84. The second-order valence-corrected chi connectivity index (χ2v) is 21.9. The second-order valence-electron chi connectivity index (χ2n) is 17.1. The fraction of sp³-hybridized carbons (Fsp3) is 0.192. The van der Waals surface area contributed by atoms with Gasteiger partial charge in [-0.05, 0) is 31.9 Å². The van der Waals surface area contributed by atoms with Crippen LogP contribution in [-0.2, 0) is 45.1 Å². The first kappa shape index (κ1) is 49.6. The molecule has 20 heteroatoms. The van der Waals surface area contributed by atoms with Crippen molar-refractivity contribution in [3.05, 3.63) is 207 Å². The van der Waals surface area contributed by atoms with Gasteiger partial charge in [-0.3, -0.25) is 29.1 Å². The molecule has 2 aromatic heterocycles. The summed E-state index contributed by atoms with van der Waals surface area (Å²) >= 11 is 3.54. The van der Waals surface area contributed by atoms with E-state index >= 15 is 0 Å². The monoisotopic (exact) mass is 1040 g/mol. The van der Waals surface area contributed by atoms with Crippen molar-refractivity contribution in [2.45, 2.75) is 54.6 Å². The van der Waals surface area contributed by atoms with Crippen LogP contribution >= 0.6 is 34.9 Å². The van der Waals surface area contributed by atoms with Gasteiger partial charge in [0.1, 0.15) is 34.7 Å². The molecular weight excluding hydrogens is 993 g/mol. The van der Waals surface area contributed by atoms with Crippen molar-refractivity contribution >= 4 is 80.4 Å². The van der Waals surface area contributed by atoms with E-state index in [-0.39, 0.29) is 28.0 Å². The van der Waals surface area contributed by atoms with Crippen molar-refractivity contribution in [1.82, 2.24) is 30.4 Å². The van der Waals surface area contributed by atoms with Gasteiger partial charge in [0.2, 0.25) is 5.60 Å². The zero-order chi connectivity index (χ0) is 50.2. The van der Waals surface area contributed by atoms with Crippen molar-refractivity contribution in [3.8, 4) is 0 Å². The number of aromatic nitrogens is 4. The summed E-state index contributed by atoms with van der Waals surface area (Å²) in [6.07, 6.45) is -0.256. The second kappa shape index (κ2) is 21.9. The van der Waals surface area contributed by atoms with Gasteiger partial charge in [0, 0.05) is 27.0 Å². The fourth-order valence-corrected chi connectivity index (χ4v) is 12.7. The quantitative estimate of drug-likeness (QED) is 0.0149. The van der Waals surface area contributed by atoms with Gasteiger partial charge in [0.25, 0.3) is 11.8 Å². The Labute approximate surface area is 429 Å². The Hall–Kier alpha value is -7.39. The van der Waals surface area contributed by atoms with E-state index in [0.717, 1.165) is 16.2 Å². The largest absolute Gasteiger partial charge is 0.448 e. The molecule has 3 atom stereocenters. The van der Waals surface area contributed by atoms with Crippen molar-refractivity contribution in [1.29, 1.82) is 0 Å². The Morgan fingerprint density at radius 1 is 0.833 bits per heavy atom. The zero-order valence-corrected chi connectivity index (χ0v) is 42.1. The fourth-order valence-electron chi connectivity index (χ4n) is 8.05. The zero-order valence-electron chi connectivity index (χ0n) is 38.9. The Kier molecular flexibility index (Phi) is 15.1. The van der Waals surface area contributed by atoms with Gasteiger partial charge in [-0.15, -0.1) is 23.1 Å². The number of hydrogen-bond acceptors (Lipinski definition) is 15. The summed E-state index contributed by atoms with van der Waals surface area (Å²) < 4.78 is 26.2. The average Bonchev–Trinajstić information content (AvgIpc) is 4.09. The predicted octanol–water partition coefficient (Wildman–Crippen LogP) is 8.76. The summed E-state index contributed by atoms with van der Waals surface area (Å²) in [5, 5.41) is 17.9.